The molecule has 0 bridgehead atoms. The van der Waals surface area contributed by atoms with Crippen LogP contribution in [-0.2, 0) is 0 Å². The van der Waals surface area contributed by atoms with E-state index in [4.69, 9.17) is 4.74 Å². The van der Waals surface area contributed by atoms with Crippen molar-refractivity contribution in [2.75, 3.05) is 20.7 Å². The number of aromatic amines is 1. The third kappa shape index (κ3) is 2.79. The van der Waals surface area contributed by atoms with E-state index >= 15 is 0 Å². The highest BCUT2D eigenvalue weighted by Gasteiger charge is 2.20. The van der Waals surface area contributed by atoms with Crippen molar-refractivity contribution in [1.29, 1.82) is 0 Å². The molecule has 0 aliphatic rings. The second-order valence-electron chi connectivity index (χ2n) is 6.50. The number of hydrogen-bond acceptors (Lipinski definition) is 5. The number of ether oxygens (including phenoxy) is 1. The molecule has 0 atom stereocenters. The summed E-state index contributed by atoms with van der Waals surface area (Å²) < 4.78 is 7.41. The zero-order chi connectivity index (χ0) is 19.8. The summed E-state index contributed by atoms with van der Waals surface area (Å²) >= 11 is 0. The van der Waals surface area contributed by atoms with Gasteiger partial charge in [-0.05, 0) is 13.0 Å². The Labute approximate surface area is 160 Å². The molecule has 0 saturated heterocycles. The summed E-state index contributed by atoms with van der Waals surface area (Å²) in [6, 6.07) is 12.9. The highest BCUT2D eigenvalue weighted by molar-refractivity contribution is 6.00. The number of carbonyl (C=O) groups is 1. The van der Waals surface area contributed by atoms with E-state index in [1.165, 1.54) is 4.90 Å². The van der Waals surface area contributed by atoms with Crippen LogP contribution in [-0.4, -0.2) is 51.1 Å². The molecule has 1 amide bonds. The first-order valence-corrected chi connectivity index (χ1v) is 8.86. The number of carbonyl (C=O) groups excluding carboxylic acids is 1. The van der Waals surface area contributed by atoms with Gasteiger partial charge in [0.05, 0.1) is 23.2 Å². The molecule has 0 unspecified atom stereocenters. The van der Waals surface area contributed by atoms with Crippen LogP contribution >= 0.6 is 0 Å². The van der Waals surface area contributed by atoms with Crippen LogP contribution < -0.4 is 10.3 Å². The molecule has 2 heterocycles. The molecular weight excluding hydrogens is 358 g/mol. The minimum atomic E-state index is -0.380. The quantitative estimate of drug-likeness (QED) is 0.589. The van der Waals surface area contributed by atoms with E-state index in [0.29, 0.717) is 34.8 Å². The number of benzene rings is 2. The first-order valence-electron chi connectivity index (χ1n) is 8.86. The number of rotatable bonds is 4. The number of amides is 1. The lowest BCUT2D eigenvalue weighted by atomic mass is 10.1. The topological polar surface area (TPSA) is 92.6 Å². The first-order chi connectivity index (χ1) is 13.5. The maximum absolute atomic E-state index is 12.6. The summed E-state index contributed by atoms with van der Waals surface area (Å²) in [5.74, 6) is 0.772. The zero-order valence-electron chi connectivity index (χ0n) is 15.8. The minimum absolute atomic E-state index is 0.181. The van der Waals surface area contributed by atoms with Crippen LogP contribution in [0.2, 0.25) is 0 Å². The predicted octanol–water partition coefficient (Wildman–Crippen LogP) is 2.34. The third-order valence-corrected chi connectivity index (χ3v) is 4.42. The van der Waals surface area contributed by atoms with Crippen molar-refractivity contribution in [1.82, 2.24) is 24.5 Å². The van der Waals surface area contributed by atoms with Crippen molar-refractivity contribution < 1.29 is 9.53 Å². The van der Waals surface area contributed by atoms with Gasteiger partial charge in [-0.1, -0.05) is 30.3 Å². The molecule has 1 N–H and O–H groups in total. The highest BCUT2D eigenvalue weighted by atomic mass is 16.5. The summed E-state index contributed by atoms with van der Waals surface area (Å²) in [7, 11) is 3.34. The van der Waals surface area contributed by atoms with E-state index < -0.39 is 0 Å². The van der Waals surface area contributed by atoms with Crippen LogP contribution in [0.15, 0.2) is 47.3 Å². The number of fused-ring (bicyclic) bond motifs is 3. The molecule has 8 heteroatoms. The first kappa shape index (κ1) is 17.7. The Morgan fingerprint density at radius 1 is 1.18 bits per heavy atom. The van der Waals surface area contributed by atoms with Gasteiger partial charge in [-0.2, -0.15) is 0 Å². The number of hydrogen-bond donors (Lipinski definition) is 1. The van der Waals surface area contributed by atoms with Crippen molar-refractivity contribution in [2.45, 2.75) is 6.92 Å². The molecule has 4 aromatic rings. The fourth-order valence-electron chi connectivity index (χ4n) is 3.15. The lowest BCUT2D eigenvalue weighted by Gasteiger charge is -2.16. The standard InChI is InChI=1S/C20H19N5O3/c1-4-28-16-11-15-14(10-13(16)20(27)24(2)3)21-19(26)18-23-22-17(25(15)18)12-8-6-5-7-9-12/h5-11H,4H2,1-3H3,(H,21,26). The van der Waals surface area contributed by atoms with E-state index in [9.17, 15) is 9.59 Å². The average Bonchev–Trinajstić information content (AvgIpc) is 3.14. The summed E-state index contributed by atoms with van der Waals surface area (Å²) in [5.41, 5.74) is 2.16. The van der Waals surface area contributed by atoms with Gasteiger partial charge in [0, 0.05) is 25.7 Å². The van der Waals surface area contributed by atoms with Crippen LogP contribution in [0, 0.1) is 0 Å². The summed E-state index contributed by atoms with van der Waals surface area (Å²) in [6.07, 6.45) is 0. The number of nitrogens with one attached hydrogen (secondary N) is 1. The van der Waals surface area contributed by atoms with E-state index in [0.717, 1.165) is 5.56 Å². The van der Waals surface area contributed by atoms with Crippen LogP contribution in [0.25, 0.3) is 28.1 Å². The van der Waals surface area contributed by atoms with Crippen LogP contribution in [0.4, 0.5) is 0 Å². The summed E-state index contributed by atoms with van der Waals surface area (Å²) in [4.78, 5) is 29.4. The van der Waals surface area contributed by atoms with Crippen LogP contribution in [0.3, 0.4) is 0 Å². The Bertz CT molecular complexity index is 1240. The predicted molar refractivity (Wildman–Crippen MR) is 106 cm³/mol. The van der Waals surface area contributed by atoms with E-state index in [1.807, 2.05) is 37.3 Å². The Morgan fingerprint density at radius 3 is 2.61 bits per heavy atom. The number of nitrogens with zero attached hydrogens (tertiary/aromatic N) is 4. The van der Waals surface area contributed by atoms with Gasteiger partial charge < -0.3 is 14.6 Å². The van der Waals surface area contributed by atoms with Gasteiger partial charge in [-0.25, -0.2) is 0 Å². The molecule has 0 fully saturated rings. The Kier molecular flexibility index (Phi) is 4.31. The maximum atomic E-state index is 12.6. The van der Waals surface area contributed by atoms with Gasteiger partial charge in [0.25, 0.3) is 11.5 Å². The Balaban J connectivity index is 2.09. The second kappa shape index (κ2) is 6.80. The van der Waals surface area contributed by atoms with E-state index in [1.54, 1.807) is 30.6 Å². The molecular formula is C20H19N5O3. The van der Waals surface area contributed by atoms with Crippen molar-refractivity contribution in [3.8, 4) is 17.1 Å². The number of aromatic nitrogens is 4. The normalized spacial score (nSPS) is 11.1. The zero-order valence-corrected chi connectivity index (χ0v) is 15.8. The molecule has 0 aliphatic heterocycles. The lowest BCUT2D eigenvalue weighted by Crippen LogP contribution is -2.23. The van der Waals surface area contributed by atoms with Gasteiger partial charge in [-0.15, -0.1) is 10.2 Å². The van der Waals surface area contributed by atoms with Gasteiger partial charge >= 0.3 is 0 Å². The van der Waals surface area contributed by atoms with E-state index in [-0.39, 0.29) is 17.1 Å². The highest BCUT2D eigenvalue weighted by Crippen LogP contribution is 2.28. The van der Waals surface area contributed by atoms with Gasteiger partial charge in [0.1, 0.15) is 5.75 Å². The van der Waals surface area contributed by atoms with Gasteiger partial charge in [0.15, 0.2) is 5.82 Å². The smallest absolute Gasteiger partial charge is 0.294 e. The largest absolute Gasteiger partial charge is 0.493 e. The fourth-order valence-corrected chi connectivity index (χ4v) is 3.15. The van der Waals surface area contributed by atoms with Crippen molar-refractivity contribution >= 4 is 22.6 Å². The SMILES string of the molecule is CCOc1cc2c(cc1C(=O)N(C)C)[nH]c(=O)c1nnc(-c3ccccc3)n12. The molecule has 0 radical (unpaired) electrons. The van der Waals surface area contributed by atoms with Crippen molar-refractivity contribution in [3.05, 3.63) is 58.4 Å². The molecule has 0 aliphatic carbocycles. The summed E-state index contributed by atoms with van der Waals surface area (Å²) in [6.45, 7) is 2.25. The lowest BCUT2D eigenvalue weighted by molar-refractivity contribution is 0.0823. The van der Waals surface area contributed by atoms with Crippen molar-refractivity contribution in [3.63, 3.8) is 0 Å². The minimum Gasteiger partial charge on any atom is -0.493 e. The van der Waals surface area contributed by atoms with Crippen molar-refractivity contribution in [2.24, 2.45) is 0 Å². The van der Waals surface area contributed by atoms with E-state index in [2.05, 4.69) is 15.2 Å². The molecule has 2 aromatic heterocycles. The molecule has 0 saturated carbocycles. The van der Waals surface area contributed by atoms with Gasteiger partial charge in [0.2, 0.25) is 5.65 Å². The molecule has 0 spiro atoms. The molecule has 2 aromatic carbocycles. The molecule has 142 valence electrons. The fraction of sp³-hybridized carbons (Fsp3) is 0.200. The average molecular weight is 377 g/mol. The number of H-pyrrole nitrogens is 1. The maximum Gasteiger partial charge on any atom is 0.294 e. The summed E-state index contributed by atoms with van der Waals surface area (Å²) in [5, 5.41) is 8.27. The monoisotopic (exact) mass is 377 g/mol. The van der Waals surface area contributed by atoms with Gasteiger partial charge in [-0.3, -0.25) is 14.0 Å². The second-order valence-corrected chi connectivity index (χ2v) is 6.50. The molecule has 28 heavy (non-hydrogen) atoms. The Hall–Kier alpha value is -3.68. The van der Waals surface area contributed by atoms with Crippen LogP contribution in [0.1, 0.15) is 17.3 Å². The molecule has 8 nitrogen and oxygen atoms in total. The van der Waals surface area contributed by atoms with Crippen LogP contribution in [0.5, 0.6) is 5.75 Å². The Morgan fingerprint density at radius 2 is 1.93 bits per heavy atom. The molecule has 4 rings (SSSR count). The third-order valence-electron chi connectivity index (χ3n) is 4.42.